The van der Waals surface area contributed by atoms with E-state index in [0.717, 1.165) is 17.0 Å². The largest absolute Gasteiger partial charge is 0.357 e. The van der Waals surface area contributed by atoms with Gasteiger partial charge in [0, 0.05) is 72.2 Å². The predicted molar refractivity (Wildman–Crippen MR) is 146 cm³/mol. The molecule has 5 rings (SSSR count). The number of nitrogens with zero attached hydrogens (tertiary/aromatic N) is 5. The third kappa shape index (κ3) is 5.00. The molecule has 192 valence electrons. The summed E-state index contributed by atoms with van der Waals surface area (Å²) in [7, 11) is 1.67. The first-order valence-electron chi connectivity index (χ1n) is 11.8. The van der Waals surface area contributed by atoms with Crippen molar-refractivity contribution in [2.45, 2.75) is 12.4 Å². The highest BCUT2D eigenvalue weighted by molar-refractivity contribution is 7.79. The molecule has 37 heavy (non-hydrogen) atoms. The van der Waals surface area contributed by atoms with Crippen LogP contribution < -0.4 is 16.2 Å². The molecule has 0 spiro atoms. The number of fused-ring (bicyclic) bond motifs is 1. The third-order valence-corrected chi connectivity index (χ3v) is 7.49. The number of piperazine rings is 1. The molecule has 0 aliphatic carbocycles. The number of hydrogen-bond donors (Lipinski definition) is 3. The van der Waals surface area contributed by atoms with Crippen molar-refractivity contribution in [1.29, 1.82) is 0 Å². The highest BCUT2D eigenvalue weighted by Crippen LogP contribution is 2.32. The van der Waals surface area contributed by atoms with Gasteiger partial charge in [-0.1, -0.05) is 29.8 Å². The lowest BCUT2D eigenvalue weighted by atomic mass is 10.0. The van der Waals surface area contributed by atoms with Crippen LogP contribution in [-0.4, -0.2) is 66.4 Å². The van der Waals surface area contributed by atoms with Crippen LogP contribution in [0.2, 0.25) is 5.02 Å². The van der Waals surface area contributed by atoms with Gasteiger partial charge in [-0.2, -0.15) is 4.98 Å². The number of aryl methyl sites for hydroxylation is 1. The van der Waals surface area contributed by atoms with Crippen LogP contribution in [0.15, 0.2) is 53.5 Å². The molecule has 4 aromatic rings. The fourth-order valence-corrected chi connectivity index (χ4v) is 5.64. The summed E-state index contributed by atoms with van der Waals surface area (Å²) in [6, 6.07) is 12.8. The average molecular weight is 540 g/mol. The molecule has 0 saturated carbocycles. The molecule has 2 atom stereocenters. The number of rotatable bonds is 6. The number of nitrogens with one attached hydrogen (secondary N) is 2. The molecule has 3 N–H and O–H groups in total. The molecule has 10 nitrogen and oxygen atoms in total. The van der Waals surface area contributed by atoms with E-state index in [4.69, 9.17) is 11.6 Å². The van der Waals surface area contributed by atoms with Crippen LogP contribution in [0.1, 0.15) is 11.2 Å². The molecule has 0 bridgehead atoms. The molecule has 1 aliphatic rings. The van der Waals surface area contributed by atoms with Crippen molar-refractivity contribution >= 4 is 39.7 Å². The molecule has 12 heteroatoms. The number of anilines is 1. The van der Waals surface area contributed by atoms with E-state index in [2.05, 4.69) is 25.6 Å². The molecule has 1 aromatic carbocycles. The lowest BCUT2D eigenvalue weighted by molar-refractivity contribution is 0.175. The third-order valence-electron chi connectivity index (χ3n) is 6.31. The predicted octanol–water partition coefficient (Wildman–Crippen LogP) is 3.11. The molecule has 1 aliphatic heterocycles. The highest BCUT2D eigenvalue weighted by Gasteiger charge is 2.31. The lowest BCUT2D eigenvalue weighted by Gasteiger charge is -2.34. The Kier molecular flexibility index (Phi) is 7.31. The summed E-state index contributed by atoms with van der Waals surface area (Å²) in [6.07, 6.45) is 1.58. The van der Waals surface area contributed by atoms with E-state index in [9.17, 15) is 13.6 Å². The lowest BCUT2D eigenvalue weighted by Crippen LogP contribution is -2.49. The standard InChI is InChI=1S/C25H26ClN7O3S/c1-15-4-3-5-21(30-15)16-6-7-18(20(26)13-16)19-12-17-14-29-24(27-2)31-22(17)33(23(19)34)25(37(35)36)32-10-8-28-9-11-32/h3-7,12-14,25,28H,8-11H2,1-2H3,(H,35,36)(H,27,29,31). The van der Waals surface area contributed by atoms with Crippen LogP contribution in [0.25, 0.3) is 33.4 Å². The van der Waals surface area contributed by atoms with Crippen molar-refractivity contribution < 1.29 is 8.76 Å². The summed E-state index contributed by atoms with van der Waals surface area (Å²) < 4.78 is 24.4. The Morgan fingerprint density at radius 3 is 2.59 bits per heavy atom. The van der Waals surface area contributed by atoms with Crippen LogP contribution in [0.4, 0.5) is 5.95 Å². The Balaban J connectivity index is 1.72. The molecular formula is C25H26ClN7O3S. The summed E-state index contributed by atoms with van der Waals surface area (Å²) in [4.78, 5) is 29.2. The minimum Gasteiger partial charge on any atom is -0.357 e. The van der Waals surface area contributed by atoms with E-state index in [-0.39, 0.29) is 11.2 Å². The summed E-state index contributed by atoms with van der Waals surface area (Å²) in [5, 5.41) is 7.00. The van der Waals surface area contributed by atoms with Gasteiger partial charge in [0.15, 0.2) is 22.2 Å². The number of pyridine rings is 2. The van der Waals surface area contributed by atoms with Gasteiger partial charge < -0.3 is 15.2 Å². The van der Waals surface area contributed by atoms with Crippen LogP contribution in [0.5, 0.6) is 0 Å². The molecule has 0 amide bonds. The summed E-state index contributed by atoms with van der Waals surface area (Å²) in [6.45, 7) is 4.18. The van der Waals surface area contributed by atoms with Gasteiger partial charge in [0.1, 0.15) is 0 Å². The Labute approximate surface area is 221 Å². The molecule has 2 unspecified atom stereocenters. The average Bonchev–Trinajstić information content (AvgIpc) is 2.90. The number of benzene rings is 1. The van der Waals surface area contributed by atoms with Crippen LogP contribution >= 0.6 is 11.6 Å². The summed E-state index contributed by atoms with van der Waals surface area (Å²) in [5.74, 6) is 0.296. The van der Waals surface area contributed by atoms with Gasteiger partial charge in [0.25, 0.3) is 5.56 Å². The monoisotopic (exact) mass is 539 g/mol. The molecule has 3 aromatic heterocycles. The maximum Gasteiger partial charge on any atom is 0.262 e. The SMILES string of the molecule is CNc1ncc2cc(-c3ccc(-c4cccc(C)n4)cc3Cl)c(=O)n(C(N3CCNCC3)S(=O)O)c2n1. The number of hydrogen-bond acceptors (Lipinski definition) is 8. The topological polar surface area (TPSA) is 125 Å². The first-order valence-corrected chi connectivity index (χ1v) is 13.3. The minimum atomic E-state index is -2.39. The molecule has 4 heterocycles. The Morgan fingerprint density at radius 1 is 1.14 bits per heavy atom. The van der Waals surface area contributed by atoms with E-state index in [1.54, 1.807) is 31.4 Å². The van der Waals surface area contributed by atoms with Gasteiger partial charge in [-0.3, -0.25) is 19.2 Å². The maximum absolute atomic E-state index is 14.0. The van der Waals surface area contributed by atoms with E-state index in [0.29, 0.717) is 48.1 Å². The fourth-order valence-electron chi connectivity index (χ4n) is 4.52. The summed E-state index contributed by atoms with van der Waals surface area (Å²) in [5.41, 5.74) is 1.91. The van der Waals surface area contributed by atoms with Crippen molar-refractivity contribution in [3.05, 3.63) is 69.7 Å². The van der Waals surface area contributed by atoms with Crippen molar-refractivity contribution in [1.82, 2.24) is 29.7 Å². The molecule has 0 radical (unpaired) electrons. The highest BCUT2D eigenvalue weighted by atomic mass is 35.5. The fraction of sp³-hybridized carbons (Fsp3) is 0.280. The zero-order valence-corrected chi connectivity index (χ0v) is 21.9. The smallest absolute Gasteiger partial charge is 0.262 e. The van der Waals surface area contributed by atoms with Gasteiger partial charge >= 0.3 is 0 Å². The van der Waals surface area contributed by atoms with Crippen molar-refractivity contribution in [3.8, 4) is 22.4 Å². The maximum atomic E-state index is 14.0. The van der Waals surface area contributed by atoms with Crippen LogP contribution in [0.3, 0.4) is 0 Å². The van der Waals surface area contributed by atoms with E-state index < -0.39 is 22.1 Å². The van der Waals surface area contributed by atoms with E-state index in [1.807, 2.05) is 36.1 Å². The second-order valence-corrected chi connectivity index (χ2v) is 10.1. The van der Waals surface area contributed by atoms with Gasteiger partial charge in [0.2, 0.25) is 5.95 Å². The second-order valence-electron chi connectivity index (χ2n) is 8.70. The second kappa shape index (κ2) is 10.6. The van der Waals surface area contributed by atoms with Gasteiger partial charge in [-0.05, 0) is 31.2 Å². The van der Waals surface area contributed by atoms with Crippen molar-refractivity contribution in [3.63, 3.8) is 0 Å². The van der Waals surface area contributed by atoms with Crippen molar-refractivity contribution in [2.24, 2.45) is 0 Å². The van der Waals surface area contributed by atoms with Gasteiger partial charge in [-0.15, -0.1) is 0 Å². The van der Waals surface area contributed by atoms with E-state index >= 15 is 0 Å². The number of aromatic nitrogens is 4. The number of halogens is 1. The van der Waals surface area contributed by atoms with Gasteiger partial charge in [0.05, 0.1) is 5.69 Å². The van der Waals surface area contributed by atoms with E-state index in [1.165, 1.54) is 4.57 Å². The zero-order valence-electron chi connectivity index (χ0n) is 20.3. The Bertz CT molecular complexity index is 1560. The molecule has 1 saturated heterocycles. The Hall–Kier alpha value is -3.22. The first kappa shape index (κ1) is 25.4. The summed E-state index contributed by atoms with van der Waals surface area (Å²) >= 11 is 4.33. The van der Waals surface area contributed by atoms with Crippen LogP contribution in [-0.2, 0) is 11.1 Å². The zero-order chi connectivity index (χ0) is 26.1. The quantitative estimate of drug-likeness (QED) is 0.317. The van der Waals surface area contributed by atoms with Gasteiger partial charge in [-0.25, -0.2) is 9.19 Å². The first-order chi connectivity index (χ1) is 17.9. The minimum absolute atomic E-state index is 0.260. The molecule has 1 fully saturated rings. The van der Waals surface area contributed by atoms with Crippen LogP contribution in [0, 0.1) is 6.92 Å². The normalized spacial score (nSPS) is 16.0. The molecular weight excluding hydrogens is 514 g/mol. The van der Waals surface area contributed by atoms with Crippen molar-refractivity contribution in [2.75, 3.05) is 38.5 Å². The Morgan fingerprint density at radius 2 is 1.92 bits per heavy atom.